The number of hydrogen-bond acceptors (Lipinski definition) is 3. The molecule has 0 aromatic heterocycles. The number of hydrogen-bond donors (Lipinski definition) is 2. The quantitative estimate of drug-likeness (QED) is 0.742. The van der Waals surface area contributed by atoms with Gasteiger partial charge in [0.05, 0.1) is 12.1 Å². The van der Waals surface area contributed by atoms with Crippen molar-refractivity contribution in [2.75, 3.05) is 20.2 Å². The molecule has 2 aliphatic rings. The molecule has 0 spiro atoms. The van der Waals surface area contributed by atoms with Gasteiger partial charge in [-0.05, 0) is 25.2 Å². The maximum absolute atomic E-state index is 11.7. The van der Waals surface area contributed by atoms with E-state index >= 15 is 0 Å². The van der Waals surface area contributed by atoms with Crippen LogP contribution in [0.3, 0.4) is 0 Å². The summed E-state index contributed by atoms with van der Waals surface area (Å²) in [7, 11) is 1.48. The molecule has 2 N–H and O–H groups in total. The molecular formula is C11H18N2O4. The molecule has 6 heteroatoms. The highest BCUT2D eigenvalue weighted by molar-refractivity contribution is 5.80. The number of likely N-dealkylation sites (N-methyl/N-ethyl adjacent to an activating group) is 1. The van der Waals surface area contributed by atoms with Gasteiger partial charge < -0.3 is 20.1 Å². The zero-order chi connectivity index (χ0) is 12.4. The topological polar surface area (TPSA) is 78.9 Å². The first-order valence-corrected chi connectivity index (χ1v) is 5.93. The fourth-order valence-electron chi connectivity index (χ4n) is 2.20. The molecule has 0 bridgehead atoms. The van der Waals surface area contributed by atoms with E-state index in [4.69, 9.17) is 9.84 Å². The average molecular weight is 242 g/mol. The molecule has 1 aliphatic heterocycles. The first kappa shape index (κ1) is 12.2. The number of nitrogens with zero attached hydrogens (tertiary/aromatic N) is 1. The molecule has 1 aliphatic carbocycles. The summed E-state index contributed by atoms with van der Waals surface area (Å²) in [4.78, 5) is 23.4. The maximum atomic E-state index is 11.7. The average Bonchev–Trinajstić information content (AvgIpc) is 2.99. The van der Waals surface area contributed by atoms with Gasteiger partial charge in [-0.15, -0.1) is 0 Å². The Labute approximate surface area is 99.9 Å². The van der Waals surface area contributed by atoms with Gasteiger partial charge in [-0.25, -0.2) is 4.79 Å². The number of urea groups is 1. The van der Waals surface area contributed by atoms with Crippen LogP contribution < -0.4 is 5.32 Å². The highest BCUT2D eigenvalue weighted by Crippen LogP contribution is 2.38. The largest absolute Gasteiger partial charge is 0.480 e. The third-order valence-corrected chi connectivity index (χ3v) is 3.25. The molecule has 2 amide bonds. The van der Waals surface area contributed by atoms with Crippen LogP contribution in [0.1, 0.15) is 19.3 Å². The monoisotopic (exact) mass is 242 g/mol. The molecule has 0 aromatic carbocycles. The van der Waals surface area contributed by atoms with Gasteiger partial charge in [0, 0.05) is 13.7 Å². The SMILES string of the molecule is CN(CC(=O)O)C(=O)NC1CCOC1C1CC1. The van der Waals surface area contributed by atoms with Crippen molar-refractivity contribution in [1.29, 1.82) is 0 Å². The third-order valence-electron chi connectivity index (χ3n) is 3.25. The van der Waals surface area contributed by atoms with E-state index in [0.717, 1.165) is 6.42 Å². The lowest BCUT2D eigenvalue weighted by atomic mass is 10.1. The van der Waals surface area contributed by atoms with Crippen molar-refractivity contribution in [3.8, 4) is 0 Å². The van der Waals surface area contributed by atoms with Crippen molar-refractivity contribution < 1.29 is 19.4 Å². The Morgan fingerprint density at radius 3 is 2.71 bits per heavy atom. The molecule has 0 aromatic rings. The first-order valence-electron chi connectivity index (χ1n) is 5.93. The van der Waals surface area contributed by atoms with E-state index in [-0.39, 0.29) is 24.7 Å². The van der Waals surface area contributed by atoms with Crippen LogP contribution in [0.2, 0.25) is 0 Å². The van der Waals surface area contributed by atoms with Gasteiger partial charge in [0.15, 0.2) is 0 Å². The fourth-order valence-corrected chi connectivity index (χ4v) is 2.20. The minimum Gasteiger partial charge on any atom is -0.480 e. The lowest BCUT2D eigenvalue weighted by molar-refractivity contribution is -0.137. The van der Waals surface area contributed by atoms with E-state index in [1.807, 2.05) is 0 Å². The summed E-state index contributed by atoms with van der Waals surface area (Å²) in [6.07, 6.45) is 3.27. The second-order valence-corrected chi connectivity index (χ2v) is 4.77. The standard InChI is InChI=1S/C11H18N2O4/c1-13(6-9(14)15)11(16)12-8-4-5-17-10(8)7-2-3-7/h7-8,10H,2-6H2,1H3,(H,12,16)(H,14,15). The minimum atomic E-state index is -1.01. The zero-order valence-corrected chi connectivity index (χ0v) is 9.89. The summed E-state index contributed by atoms with van der Waals surface area (Å²) in [5, 5.41) is 11.5. The van der Waals surface area contributed by atoms with Gasteiger partial charge in [0.25, 0.3) is 0 Å². The third kappa shape index (κ3) is 3.09. The van der Waals surface area contributed by atoms with Crippen LogP contribution in [-0.4, -0.2) is 54.4 Å². The molecule has 2 unspecified atom stereocenters. The fraction of sp³-hybridized carbons (Fsp3) is 0.818. The van der Waals surface area contributed by atoms with Gasteiger partial charge >= 0.3 is 12.0 Å². The smallest absolute Gasteiger partial charge is 0.323 e. The van der Waals surface area contributed by atoms with Crippen molar-refractivity contribution in [2.24, 2.45) is 5.92 Å². The number of carboxylic acids is 1. The molecular weight excluding hydrogens is 224 g/mol. The summed E-state index contributed by atoms with van der Waals surface area (Å²) >= 11 is 0. The molecule has 2 fully saturated rings. The summed E-state index contributed by atoms with van der Waals surface area (Å²) < 4.78 is 5.60. The summed E-state index contributed by atoms with van der Waals surface area (Å²) in [5.41, 5.74) is 0. The Balaban J connectivity index is 1.82. The van der Waals surface area contributed by atoms with Crippen LogP contribution in [0.4, 0.5) is 4.79 Å². The van der Waals surface area contributed by atoms with E-state index in [0.29, 0.717) is 12.5 Å². The number of amides is 2. The van der Waals surface area contributed by atoms with Crippen LogP contribution in [0.5, 0.6) is 0 Å². The molecule has 6 nitrogen and oxygen atoms in total. The number of carboxylic acid groups (broad SMARTS) is 1. The lowest BCUT2D eigenvalue weighted by Gasteiger charge is -2.23. The van der Waals surface area contributed by atoms with Crippen LogP contribution in [0, 0.1) is 5.92 Å². The molecule has 0 radical (unpaired) electrons. The molecule has 2 atom stereocenters. The van der Waals surface area contributed by atoms with Crippen molar-refractivity contribution in [2.45, 2.75) is 31.4 Å². The Hall–Kier alpha value is -1.30. The predicted molar refractivity (Wildman–Crippen MR) is 59.7 cm³/mol. The van der Waals surface area contributed by atoms with Crippen molar-refractivity contribution in [3.05, 3.63) is 0 Å². The highest BCUT2D eigenvalue weighted by atomic mass is 16.5. The van der Waals surface area contributed by atoms with Gasteiger partial charge in [-0.3, -0.25) is 4.79 Å². The maximum Gasteiger partial charge on any atom is 0.323 e. The molecule has 2 rings (SSSR count). The molecule has 96 valence electrons. The predicted octanol–water partition coefficient (Wildman–Crippen LogP) is 0.280. The van der Waals surface area contributed by atoms with E-state index in [2.05, 4.69) is 5.32 Å². The summed E-state index contributed by atoms with van der Waals surface area (Å²) in [5.74, 6) is -0.434. The number of carbonyl (C=O) groups is 2. The Bertz CT molecular complexity index is 317. The van der Waals surface area contributed by atoms with E-state index < -0.39 is 5.97 Å². The number of rotatable bonds is 4. The summed E-state index contributed by atoms with van der Waals surface area (Å²) in [6.45, 7) is 0.391. The van der Waals surface area contributed by atoms with Gasteiger partial charge in [-0.2, -0.15) is 0 Å². The molecule has 17 heavy (non-hydrogen) atoms. The number of aliphatic carboxylic acids is 1. The number of nitrogens with one attached hydrogen (secondary N) is 1. The van der Waals surface area contributed by atoms with Gasteiger partial charge in [0.2, 0.25) is 0 Å². The second-order valence-electron chi connectivity index (χ2n) is 4.77. The summed E-state index contributed by atoms with van der Waals surface area (Å²) in [6, 6.07) is -0.306. The van der Waals surface area contributed by atoms with Crippen molar-refractivity contribution >= 4 is 12.0 Å². The van der Waals surface area contributed by atoms with Crippen LogP contribution in [0.15, 0.2) is 0 Å². The van der Waals surface area contributed by atoms with Crippen molar-refractivity contribution in [1.82, 2.24) is 10.2 Å². The van der Waals surface area contributed by atoms with Gasteiger partial charge in [-0.1, -0.05) is 0 Å². The molecule has 1 saturated carbocycles. The van der Waals surface area contributed by atoms with Gasteiger partial charge in [0.1, 0.15) is 6.54 Å². The van der Waals surface area contributed by atoms with Crippen LogP contribution in [0.25, 0.3) is 0 Å². The Morgan fingerprint density at radius 1 is 1.41 bits per heavy atom. The second kappa shape index (κ2) is 4.91. The highest BCUT2D eigenvalue weighted by Gasteiger charge is 2.41. The number of ether oxygens (including phenoxy) is 1. The van der Waals surface area contributed by atoms with Crippen molar-refractivity contribution in [3.63, 3.8) is 0 Å². The zero-order valence-electron chi connectivity index (χ0n) is 9.89. The van der Waals surface area contributed by atoms with E-state index in [1.54, 1.807) is 0 Å². The Morgan fingerprint density at radius 2 is 2.12 bits per heavy atom. The van der Waals surface area contributed by atoms with E-state index in [1.165, 1.54) is 24.8 Å². The van der Waals surface area contributed by atoms with Crippen LogP contribution >= 0.6 is 0 Å². The van der Waals surface area contributed by atoms with E-state index in [9.17, 15) is 9.59 Å². The lowest BCUT2D eigenvalue weighted by Crippen LogP contribution is -2.48. The van der Waals surface area contributed by atoms with Crippen LogP contribution in [-0.2, 0) is 9.53 Å². The number of carbonyl (C=O) groups excluding carboxylic acids is 1. The molecule has 1 heterocycles. The minimum absolute atomic E-state index is 0.0336. The Kier molecular flexibility index (Phi) is 3.51. The first-order chi connectivity index (χ1) is 8.08. The molecule has 1 saturated heterocycles. The normalized spacial score (nSPS) is 27.8.